The molecule has 146 valence electrons. The molecule has 6 nitrogen and oxygen atoms in total. The van der Waals surface area contributed by atoms with Crippen LogP contribution in [0.2, 0.25) is 0 Å². The fraction of sp³-hybridized carbons (Fsp3) is 0. The highest BCUT2D eigenvalue weighted by Gasteiger charge is 2.11. The van der Waals surface area contributed by atoms with E-state index in [2.05, 4.69) is 33.6 Å². The minimum atomic E-state index is -0.429. The lowest BCUT2D eigenvalue weighted by Gasteiger charge is -2.06. The van der Waals surface area contributed by atoms with Crippen LogP contribution in [-0.2, 0) is 0 Å². The van der Waals surface area contributed by atoms with Crippen molar-refractivity contribution in [2.24, 2.45) is 0 Å². The fourth-order valence-electron chi connectivity index (χ4n) is 2.92. The molecule has 0 saturated heterocycles. The zero-order chi connectivity index (χ0) is 21.1. The van der Waals surface area contributed by atoms with E-state index < -0.39 is 4.92 Å². The predicted molar refractivity (Wildman–Crippen MR) is 126 cm³/mol. The van der Waals surface area contributed by atoms with Gasteiger partial charge >= 0.3 is 0 Å². The molecule has 0 radical (unpaired) electrons. The Kier molecular flexibility index (Phi) is 5.74. The summed E-state index contributed by atoms with van der Waals surface area (Å²) >= 11 is 3.68. The van der Waals surface area contributed by atoms with Gasteiger partial charge in [0, 0.05) is 44.2 Å². The first-order valence-corrected chi connectivity index (χ1v) is 10.8. The highest BCUT2D eigenvalue weighted by Crippen LogP contribution is 2.28. The molecule has 0 bridgehead atoms. The van der Waals surface area contributed by atoms with Crippen molar-refractivity contribution in [2.45, 2.75) is 0 Å². The van der Waals surface area contributed by atoms with Crippen LogP contribution in [0.1, 0.15) is 10.7 Å². The van der Waals surface area contributed by atoms with Gasteiger partial charge < -0.3 is 4.57 Å². The third kappa shape index (κ3) is 4.17. The highest BCUT2D eigenvalue weighted by atomic mass is 127. The van der Waals surface area contributed by atoms with Crippen molar-refractivity contribution in [3.63, 3.8) is 0 Å². The van der Waals surface area contributed by atoms with Gasteiger partial charge in [-0.25, -0.2) is 4.98 Å². The van der Waals surface area contributed by atoms with Crippen LogP contribution in [0.5, 0.6) is 0 Å². The molecule has 8 heteroatoms. The smallest absolute Gasteiger partial charge is 0.269 e. The molecule has 2 heterocycles. The maximum Gasteiger partial charge on any atom is 0.269 e. The molecule has 4 aromatic rings. The number of nitro benzene ring substituents is 1. The first kappa shape index (κ1) is 20.0. The summed E-state index contributed by atoms with van der Waals surface area (Å²) in [4.78, 5) is 15.1. The Morgan fingerprint density at radius 3 is 2.57 bits per heavy atom. The molecule has 0 amide bonds. The van der Waals surface area contributed by atoms with Gasteiger partial charge in [0.05, 0.1) is 16.2 Å². The summed E-state index contributed by atoms with van der Waals surface area (Å²) < 4.78 is 3.02. The van der Waals surface area contributed by atoms with Crippen LogP contribution in [0.3, 0.4) is 0 Å². The van der Waals surface area contributed by atoms with Crippen LogP contribution in [-0.4, -0.2) is 14.5 Å². The number of allylic oxidation sites excluding steroid dienone is 1. The van der Waals surface area contributed by atoms with E-state index in [1.807, 2.05) is 52.5 Å². The number of nitriles is 1. The fourth-order valence-corrected chi connectivity index (χ4v) is 4.08. The Labute approximate surface area is 190 Å². The molecule has 4 rings (SSSR count). The lowest BCUT2D eigenvalue weighted by atomic mass is 10.2. The number of nitro groups is 1. The number of halogens is 1. The van der Waals surface area contributed by atoms with Crippen LogP contribution >= 0.6 is 33.9 Å². The Morgan fingerprint density at radius 1 is 1.17 bits per heavy atom. The van der Waals surface area contributed by atoms with Gasteiger partial charge in [0.25, 0.3) is 5.69 Å². The summed E-state index contributed by atoms with van der Waals surface area (Å²) in [5.41, 5.74) is 3.88. The predicted octanol–water partition coefficient (Wildman–Crippen LogP) is 6.18. The summed E-state index contributed by atoms with van der Waals surface area (Å²) in [6.45, 7) is 0. The monoisotopic (exact) mass is 524 g/mol. The molecule has 2 aromatic carbocycles. The van der Waals surface area contributed by atoms with Gasteiger partial charge in [-0.15, -0.1) is 11.3 Å². The van der Waals surface area contributed by atoms with Gasteiger partial charge in [0.1, 0.15) is 11.1 Å². The Hall–Kier alpha value is -3.29. The summed E-state index contributed by atoms with van der Waals surface area (Å²) in [7, 11) is 0. The lowest BCUT2D eigenvalue weighted by Crippen LogP contribution is -1.96. The quantitative estimate of drug-likeness (QED) is 0.135. The Bertz CT molecular complexity index is 1280. The number of thiazole rings is 1. The molecule has 0 N–H and O–H groups in total. The minimum absolute atomic E-state index is 0.0339. The van der Waals surface area contributed by atoms with Crippen molar-refractivity contribution in [1.82, 2.24) is 9.55 Å². The number of rotatable bonds is 5. The third-order valence-corrected chi connectivity index (χ3v) is 6.00. The van der Waals surface area contributed by atoms with Crippen molar-refractivity contribution in [2.75, 3.05) is 0 Å². The summed E-state index contributed by atoms with van der Waals surface area (Å²) in [5, 5.41) is 23.2. The second kappa shape index (κ2) is 8.61. The number of hydrogen-bond donors (Lipinski definition) is 0. The molecule has 0 spiro atoms. The molecule has 0 fully saturated rings. The van der Waals surface area contributed by atoms with E-state index in [-0.39, 0.29) is 5.69 Å². The summed E-state index contributed by atoms with van der Waals surface area (Å²) in [5.74, 6) is 0. The van der Waals surface area contributed by atoms with Crippen molar-refractivity contribution in [1.29, 1.82) is 5.26 Å². The molecule has 30 heavy (non-hydrogen) atoms. The number of aromatic nitrogens is 2. The van der Waals surface area contributed by atoms with E-state index in [9.17, 15) is 15.4 Å². The number of non-ortho nitro benzene ring substituents is 1. The topological polar surface area (TPSA) is 84.8 Å². The van der Waals surface area contributed by atoms with Crippen LogP contribution in [0, 0.1) is 25.0 Å². The maximum absolute atomic E-state index is 10.9. The van der Waals surface area contributed by atoms with Crippen LogP contribution in [0.4, 0.5) is 5.69 Å². The van der Waals surface area contributed by atoms with Gasteiger partial charge in [-0.05, 0) is 65.1 Å². The molecule has 0 atom stereocenters. The zero-order valence-corrected chi connectivity index (χ0v) is 18.4. The molecular formula is C22H13IN4O2S. The normalized spacial score (nSPS) is 11.3. The average molecular weight is 524 g/mol. The van der Waals surface area contributed by atoms with Gasteiger partial charge in [-0.3, -0.25) is 10.1 Å². The number of nitrogens with zero attached hydrogens (tertiary/aromatic N) is 4. The summed E-state index contributed by atoms with van der Waals surface area (Å²) in [6, 6.07) is 20.3. The average Bonchev–Trinajstić information content (AvgIpc) is 3.42. The van der Waals surface area contributed by atoms with Crippen LogP contribution in [0.15, 0.2) is 72.2 Å². The van der Waals surface area contributed by atoms with Gasteiger partial charge in [0.15, 0.2) is 0 Å². The number of benzene rings is 2. The van der Waals surface area contributed by atoms with Crippen molar-refractivity contribution in [3.8, 4) is 23.0 Å². The molecule has 0 aliphatic heterocycles. The molecule has 0 aliphatic rings. The first-order valence-electron chi connectivity index (χ1n) is 8.81. The molecule has 2 aromatic heterocycles. The lowest BCUT2D eigenvalue weighted by molar-refractivity contribution is -0.384. The standard InChI is InChI=1S/C22H13IN4O2S/c23-17-5-3-15(4-6-17)21-14-30-22(25-21)16(13-24)12-20-2-1-11-26(20)18-7-9-19(10-8-18)27(28)29/h1-12,14H. The van der Waals surface area contributed by atoms with E-state index in [1.54, 1.807) is 18.2 Å². The second-order valence-corrected chi connectivity index (χ2v) is 8.39. The highest BCUT2D eigenvalue weighted by molar-refractivity contribution is 14.1. The van der Waals surface area contributed by atoms with Crippen LogP contribution in [0.25, 0.3) is 28.6 Å². The minimum Gasteiger partial charge on any atom is -0.317 e. The SMILES string of the molecule is N#CC(=Cc1cccn1-c1ccc([N+](=O)[O-])cc1)c1nc(-c2ccc(I)cc2)cs1. The zero-order valence-electron chi connectivity index (χ0n) is 15.4. The van der Waals surface area contributed by atoms with Crippen molar-refractivity contribution >= 4 is 51.3 Å². The van der Waals surface area contributed by atoms with E-state index in [0.29, 0.717) is 10.6 Å². The van der Waals surface area contributed by atoms with Gasteiger partial charge in [0.2, 0.25) is 0 Å². The van der Waals surface area contributed by atoms with E-state index in [4.69, 9.17) is 0 Å². The maximum atomic E-state index is 10.9. The molecule has 0 unspecified atom stereocenters. The molecule has 0 aliphatic carbocycles. The molecular weight excluding hydrogens is 511 g/mol. The largest absolute Gasteiger partial charge is 0.317 e. The molecule has 0 saturated carbocycles. The van der Waals surface area contributed by atoms with E-state index >= 15 is 0 Å². The Balaban J connectivity index is 1.66. The first-order chi connectivity index (χ1) is 14.5. The van der Waals surface area contributed by atoms with Crippen molar-refractivity contribution in [3.05, 3.63) is 96.6 Å². The number of hydrogen-bond acceptors (Lipinski definition) is 5. The third-order valence-electron chi connectivity index (χ3n) is 4.41. The Morgan fingerprint density at radius 2 is 1.90 bits per heavy atom. The van der Waals surface area contributed by atoms with Gasteiger partial charge in [-0.2, -0.15) is 5.26 Å². The van der Waals surface area contributed by atoms with Crippen LogP contribution < -0.4 is 0 Å². The van der Waals surface area contributed by atoms with Gasteiger partial charge in [-0.1, -0.05) is 12.1 Å². The van der Waals surface area contributed by atoms with E-state index in [0.717, 1.165) is 26.2 Å². The second-order valence-electron chi connectivity index (χ2n) is 6.29. The van der Waals surface area contributed by atoms with Crippen molar-refractivity contribution < 1.29 is 4.92 Å². The van der Waals surface area contributed by atoms with E-state index in [1.165, 1.54) is 23.5 Å². The summed E-state index contributed by atoms with van der Waals surface area (Å²) in [6.07, 6.45) is 3.62.